The molecule has 0 aromatic rings. The van der Waals surface area contributed by atoms with Crippen molar-refractivity contribution >= 4 is 17.5 Å². The summed E-state index contributed by atoms with van der Waals surface area (Å²) in [5.41, 5.74) is -6.21. The minimum absolute atomic E-state index is 0.103. The molecule has 0 spiro atoms. The molecule has 3 saturated carbocycles. The number of halogens is 1. The first kappa shape index (κ1) is 22.3. The van der Waals surface area contributed by atoms with Gasteiger partial charge >= 0.3 is 5.97 Å². The molecule has 8 atom stereocenters. The number of alkyl halides is 1. The quantitative estimate of drug-likeness (QED) is 0.523. The Kier molecular flexibility index (Phi) is 4.89. The first-order chi connectivity index (χ1) is 14.4. The van der Waals surface area contributed by atoms with Crippen molar-refractivity contribution < 1.29 is 39.2 Å². The van der Waals surface area contributed by atoms with Crippen molar-refractivity contribution in [3.8, 4) is 0 Å². The lowest BCUT2D eigenvalue weighted by molar-refractivity contribution is -0.220. The van der Waals surface area contributed by atoms with E-state index in [1.807, 2.05) is 0 Å². The zero-order valence-electron chi connectivity index (χ0n) is 17.7. The third kappa shape index (κ3) is 2.58. The predicted octanol–water partition coefficient (Wildman–Crippen LogP) is 1.35. The molecule has 170 valence electrons. The van der Waals surface area contributed by atoms with Crippen molar-refractivity contribution in [1.29, 1.82) is 0 Å². The molecule has 0 radical (unpaired) electrons. The minimum Gasteiger partial charge on any atom is -0.481 e. The summed E-state index contributed by atoms with van der Waals surface area (Å²) in [6, 6.07) is 0. The molecule has 0 aliphatic heterocycles. The van der Waals surface area contributed by atoms with Gasteiger partial charge in [-0.3, -0.25) is 14.4 Å². The minimum atomic E-state index is -2.18. The SMILES string of the molecule is C[C@]12C=CC(=O)C=C1CC[C@H]1[C@@H]3CC(CC(=O)O)[C@](O)(C(=O)CO)[C@@]3(C)CC(O)[C@@]12F. The lowest BCUT2D eigenvalue weighted by Gasteiger charge is -2.62. The van der Waals surface area contributed by atoms with Crippen molar-refractivity contribution in [2.45, 2.75) is 63.3 Å². The van der Waals surface area contributed by atoms with E-state index in [2.05, 4.69) is 0 Å². The number of rotatable bonds is 4. The number of hydrogen-bond acceptors (Lipinski definition) is 6. The standard InChI is InChI=1S/C23H29FO7/c1-20-6-5-14(26)7-12(20)3-4-15-16-8-13(9-19(29)30)23(31,18(28)11-25)21(16,2)10-17(27)22(15,20)24/h5-7,13,15-17,25,27,31H,3-4,8-11H2,1-2H3,(H,29,30)/t13?,15-,16-,17?,20-,21-,22-,23-/m0/s1. The number of aliphatic carboxylic acids is 1. The van der Waals surface area contributed by atoms with E-state index in [1.54, 1.807) is 13.8 Å². The molecule has 4 rings (SSSR count). The lowest BCUT2D eigenvalue weighted by atomic mass is 9.44. The van der Waals surface area contributed by atoms with Crippen molar-refractivity contribution in [2.24, 2.45) is 28.6 Å². The van der Waals surface area contributed by atoms with E-state index in [-0.39, 0.29) is 18.6 Å². The van der Waals surface area contributed by atoms with Crippen LogP contribution in [-0.2, 0) is 14.4 Å². The number of Topliss-reactive ketones (excluding diaryl/α,β-unsaturated/α-hetero) is 1. The lowest BCUT2D eigenvalue weighted by Crippen LogP contribution is -2.69. The van der Waals surface area contributed by atoms with Crippen molar-refractivity contribution in [3.63, 3.8) is 0 Å². The second-order valence-corrected chi connectivity index (χ2v) is 10.1. The van der Waals surface area contributed by atoms with Crippen molar-refractivity contribution in [1.82, 2.24) is 0 Å². The van der Waals surface area contributed by atoms with Gasteiger partial charge in [0.15, 0.2) is 17.2 Å². The number of hydrogen-bond donors (Lipinski definition) is 4. The molecule has 0 amide bonds. The molecule has 7 nitrogen and oxygen atoms in total. The fourth-order valence-electron chi connectivity index (χ4n) is 7.48. The molecular weight excluding hydrogens is 407 g/mol. The highest BCUT2D eigenvalue weighted by atomic mass is 19.1. The van der Waals surface area contributed by atoms with Crippen LogP contribution in [0.5, 0.6) is 0 Å². The zero-order chi connectivity index (χ0) is 23.0. The average molecular weight is 436 g/mol. The topological polar surface area (TPSA) is 132 Å². The molecule has 0 aromatic heterocycles. The molecule has 2 unspecified atom stereocenters. The Bertz CT molecular complexity index is 912. The molecule has 0 bridgehead atoms. The Labute approximate surface area is 179 Å². The largest absolute Gasteiger partial charge is 0.481 e. The molecule has 8 heteroatoms. The van der Waals surface area contributed by atoms with Gasteiger partial charge in [0.1, 0.15) is 12.2 Å². The normalized spacial score (nSPS) is 48.5. The molecule has 3 fully saturated rings. The van der Waals surface area contributed by atoms with Crippen LogP contribution in [0.2, 0.25) is 0 Å². The van der Waals surface area contributed by atoms with Crippen LogP contribution in [0.1, 0.15) is 46.0 Å². The fourth-order valence-corrected chi connectivity index (χ4v) is 7.48. The van der Waals surface area contributed by atoms with Gasteiger partial charge in [-0.25, -0.2) is 4.39 Å². The average Bonchev–Trinajstić information content (AvgIpc) is 2.91. The van der Waals surface area contributed by atoms with Crippen LogP contribution in [0.15, 0.2) is 23.8 Å². The Morgan fingerprint density at radius 1 is 1.26 bits per heavy atom. The Morgan fingerprint density at radius 3 is 2.55 bits per heavy atom. The summed E-state index contributed by atoms with van der Waals surface area (Å²) in [5.74, 6) is -4.64. The first-order valence-electron chi connectivity index (χ1n) is 10.8. The van der Waals surface area contributed by atoms with Gasteiger partial charge in [0.25, 0.3) is 0 Å². The third-order valence-electron chi connectivity index (χ3n) is 9.02. The fraction of sp³-hybridized carbons (Fsp3) is 0.696. The highest BCUT2D eigenvalue weighted by molar-refractivity contribution is 6.01. The number of fused-ring (bicyclic) bond motifs is 5. The molecule has 31 heavy (non-hydrogen) atoms. The highest BCUT2D eigenvalue weighted by Crippen LogP contribution is 2.71. The summed E-state index contributed by atoms with van der Waals surface area (Å²) in [7, 11) is 0. The van der Waals surface area contributed by atoms with E-state index >= 15 is 4.39 Å². The summed E-state index contributed by atoms with van der Waals surface area (Å²) in [4.78, 5) is 36.1. The zero-order valence-corrected chi connectivity index (χ0v) is 17.7. The van der Waals surface area contributed by atoms with Gasteiger partial charge in [-0.15, -0.1) is 0 Å². The van der Waals surface area contributed by atoms with Gasteiger partial charge in [0.2, 0.25) is 0 Å². The highest BCUT2D eigenvalue weighted by Gasteiger charge is 2.76. The Morgan fingerprint density at radius 2 is 1.94 bits per heavy atom. The number of carboxylic acids is 1. The number of allylic oxidation sites excluding steroid dienone is 4. The molecular formula is C23H29FO7. The maximum absolute atomic E-state index is 17.0. The van der Waals surface area contributed by atoms with Gasteiger partial charge in [0, 0.05) is 22.7 Å². The molecule has 0 saturated heterocycles. The van der Waals surface area contributed by atoms with E-state index < -0.39 is 70.7 Å². The maximum atomic E-state index is 17.0. The van der Waals surface area contributed by atoms with Crippen LogP contribution < -0.4 is 0 Å². The van der Waals surface area contributed by atoms with E-state index in [4.69, 9.17) is 0 Å². The number of carbonyl (C=O) groups excluding carboxylic acids is 2. The van der Waals surface area contributed by atoms with Gasteiger partial charge < -0.3 is 20.4 Å². The smallest absolute Gasteiger partial charge is 0.303 e. The molecule has 4 aliphatic rings. The Hall–Kier alpha value is -1.90. The molecule has 0 aromatic carbocycles. The van der Waals surface area contributed by atoms with Gasteiger partial charge in [-0.05, 0) is 50.7 Å². The van der Waals surface area contributed by atoms with Crippen LogP contribution in [0, 0.1) is 28.6 Å². The third-order valence-corrected chi connectivity index (χ3v) is 9.02. The van der Waals surface area contributed by atoms with E-state index in [1.165, 1.54) is 18.2 Å². The van der Waals surface area contributed by atoms with Crippen molar-refractivity contribution in [2.75, 3.05) is 6.61 Å². The van der Waals surface area contributed by atoms with Crippen LogP contribution >= 0.6 is 0 Å². The maximum Gasteiger partial charge on any atom is 0.303 e. The second-order valence-electron chi connectivity index (χ2n) is 10.1. The summed E-state index contributed by atoms with van der Waals surface area (Å²) in [6.07, 6.45) is 2.78. The second kappa shape index (κ2) is 6.80. The summed E-state index contributed by atoms with van der Waals surface area (Å²) in [5, 5.41) is 41.7. The van der Waals surface area contributed by atoms with Crippen molar-refractivity contribution in [3.05, 3.63) is 23.8 Å². The van der Waals surface area contributed by atoms with E-state index in [9.17, 15) is 34.8 Å². The van der Waals surface area contributed by atoms with Crippen LogP contribution in [0.25, 0.3) is 0 Å². The summed E-state index contributed by atoms with van der Waals surface area (Å²) >= 11 is 0. The Balaban J connectivity index is 1.84. The van der Waals surface area contributed by atoms with Gasteiger partial charge in [0.05, 0.1) is 12.5 Å². The number of carboxylic acid groups (broad SMARTS) is 1. The van der Waals surface area contributed by atoms with Gasteiger partial charge in [-0.2, -0.15) is 0 Å². The van der Waals surface area contributed by atoms with Gasteiger partial charge in [-0.1, -0.05) is 18.6 Å². The van der Waals surface area contributed by atoms with Crippen LogP contribution in [0.4, 0.5) is 4.39 Å². The summed E-state index contributed by atoms with van der Waals surface area (Å²) < 4.78 is 17.0. The predicted molar refractivity (Wildman–Crippen MR) is 107 cm³/mol. The first-order valence-corrected chi connectivity index (χ1v) is 10.8. The van der Waals surface area contributed by atoms with E-state index in [0.29, 0.717) is 18.4 Å². The summed E-state index contributed by atoms with van der Waals surface area (Å²) in [6.45, 7) is 2.30. The molecule has 4 N–H and O–H groups in total. The molecule has 4 aliphatic carbocycles. The van der Waals surface area contributed by atoms with Crippen LogP contribution in [-0.4, -0.2) is 61.9 Å². The number of aliphatic hydroxyl groups is 3. The van der Waals surface area contributed by atoms with E-state index in [0.717, 1.165) is 0 Å². The number of carbonyl (C=O) groups is 3. The van der Waals surface area contributed by atoms with Crippen LogP contribution in [0.3, 0.4) is 0 Å². The molecule has 0 heterocycles. The number of aliphatic hydroxyl groups excluding tert-OH is 2. The number of ketones is 2. The monoisotopic (exact) mass is 436 g/mol.